The molecule has 2 fully saturated rings. The fourth-order valence-corrected chi connectivity index (χ4v) is 5.59. The monoisotopic (exact) mass is 431 g/mol. The summed E-state index contributed by atoms with van der Waals surface area (Å²) < 4.78 is 43.6. The standard InChI is InChI=1S/C19H31N3O6S/c1-26-17-3-4-18(27-2)19(13-17)29(24,25)22-7-5-20(6-8-22)14-16(23)15-21-9-11-28-12-10-21/h3-4,13,16,23H,5-12,14-15H2,1-2H3/p+2/t16-/m1/s1. The van der Waals surface area contributed by atoms with E-state index in [9.17, 15) is 13.5 Å². The fourth-order valence-electron chi connectivity index (χ4n) is 3.97. The summed E-state index contributed by atoms with van der Waals surface area (Å²) in [5.74, 6) is 0.784. The predicted octanol–water partition coefficient (Wildman–Crippen LogP) is -3.13. The molecule has 2 aliphatic heterocycles. The Morgan fingerprint density at radius 1 is 1.07 bits per heavy atom. The maximum absolute atomic E-state index is 13.1. The van der Waals surface area contributed by atoms with Crippen LogP contribution in [0.2, 0.25) is 0 Å². The summed E-state index contributed by atoms with van der Waals surface area (Å²) in [7, 11) is -0.714. The zero-order chi connectivity index (χ0) is 20.9. The topological polar surface area (TPSA) is 94.2 Å². The van der Waals surface area contributed by atoms with Crippen molar-refractivity contribution in [3.05, 3.63) is 18.2 Å². The average Bonchev–Trinajstić information content (AvgIpc) is 2.74. The number of morpholine rings is 1. The first kappa shape index (κ1) is 22.3. The minimum absolute atomic E-state index is 0.124. The zero-order valence-corrected chi connectivity index (χ0v) is 18.0. The van der Waals surface area contributed by atoms with Gasteiger partial charge >= 0.3 is 0 Å². The van der Waals surface area contributed by atoms with Crippen LogP contribution in [0.1, 0.15) is 0 Å². The van der Waals surface area contributed by atoms with Gasteiger partial charge in [-0.15, -0.1) is 0 Å². The quantitative estimate of drug-likeness (QED) is 0.403. The molecule has 2 saturated heterocycles. The largest absolute Gasteiger partial charge is 0.497 e. The van der Waals surface area contributed by atoms with Gasteiger partial charge in [0, 0.05) is 6.07 Å². The molecule has 0 aromatic heterocycles. The summed E-state index contributed by atoms with van der Waals surface area (Å²) >= 11 is 0. The molecule has 29 heavy (non-hydrogen) atoms. The number of aliphatic hydroxyl groups is 1. The Kier molecular flexibility index (Phi) is 7.72. The number of quaternary nitrogens is 2. The highest BCUT2D eigenvalue weighted by Crippen LogP contribution is 2.30. The predicted molar refractivity (Wildman–Crippen MR) is 106 cm³/mol. The lowest BCUT2D eigenvalue weighted by Crippen LogP contribution is -3.19. The molecule has 0 bridgehead atoms. The molecule has 164 valence electrons. The van der Waals surface area contributed by atoms with Crippen LogP contribution in [0.25, 0.3) is 0 Å². The van der Waals surface area contributed by atoms with E-state index in [0.717, 1.165) is 32.8 Å². The van der Waals surface area contributed by atoms with Gasteiger partial charge in [0.15, 0.2) is 6.10 Å². The molecule has 3 rings (SSSR count). The van der Waals surface area contributed by atoms with Crippen molar-refractivity contribution in [2.75, 3.05) is 79.8 Å². The Morgan fingerprint density at radius 2 is 1.69 bits per heavy atom. The lowest BCUT2D eigenvalue weighted by atomic mass is 10.2. The summed E-state index contributed by atoms with van der Waals surface area (Å²) in [5.41, 5.74) is 0. The van der Waals surface area contributed by atoms with Crippen molar-refractivity contribution >= 4 is 10.0 Å². The van der Waals surface area contributed by atoms with Gasteiger partial charge < -0.3 is 29.1 Å². The number of nitrogens with one attached hydrogen (secondary N) is 2. The van der Waals surface area contributed by atoms with Gasteiger partial charge in [-0.1, -0.05) is 0 Å². The van der Waals surface area contributed by atoms with Crippen LogP contribution in [0.15, 0.2) is 23.1 Å². The second-order valence-corrected chi connectivity index (χ2v) is 9.50. The van der Waals surface area contributed by atoms with E-state index in [-0.39, 0.29) is 11.0 Å². The molecule has 1 atom stereocenters. The lowest BCUT2D eigenvalue weighted by molar-refractivity contribution is -0.930. The van der Waals surface area contributed by atoms with Crippen LogP contribution in [-0.2, 0) is 14.8 Å². The number of hydrogen-bond donors (Lipinski definition) is 3. The summed E-state index contributed by atoms with van der Waals surface area (Å²) in [4.78, 5) is 2.72. The highest BCUT2D eigenvalue weighted by molar-refractivity contribution is 7.89. The molecule has 0 aliphatic carbocycles. The van der Waals surface area contributed by atoms with E-state index in [1.165, 1.54) is 34.4 Å². The third-order valence-corrected chi connectivity index (χ3v) is 7.59. The third kappa shape index (κ3) is 5.59. The maximum atomic E-state index is 13.1. The summed E-state index contributed by atoms with van der Waals surface area (Å²) in [6.45, 7) is 6.88. The van der Waals surface area contributed by atoms with Crippen LogP contribution >= 0.6 is 0 Å². The Morgan fingerprint density at radius 3 is 2.28 bits per heavy atom. The van der Waals surface area contributed by atoms with E-state index in [4.69, 9.17) is 14.2 Å². The molecule has 9 nitrogen and oxygen atoms in total. The van der Waals surface area contributed by atoms with E-state index in [0.29, 0.717) is 44.2 Å². The first-order chi connectivity index (χ1) is 13.9. The second-order valence-electron chi connectivity index (χ2n) is 7.60. The van der Waals surface area contributed by atoms with Gasteiger partial charge in [-0.3, -0.25) is 0 Å². The highest BCUT2D eigenvalue weighted by Gasteiger charge is 2.34. The van der Waals surface area contributed by atoms with Crippen molar-refractivity contribution < 1.29 is 37.5 Å². The van der Waals surface area contributed by atoms with Crippen LogP contribution in [0.5, 0.6) is 11.5 Å². The third-order valence-electron chi connectivity index (χ3n) is 5.67. The Balaban J connectivity index is 1.57. The molecule has 2 aliphatic rings. The summed E-state index contributed by atoms with van der Waals surface area (Å²) in [6, 6.07) is 4.79. The molecule has 1 aromatic carbocycles. The summed E-state index contributed by atoms with van der Waals surface area (Å²) in [5, 5.41) is 10.4. The number of methoxy groups -OCH3 is 2. The number of nitrogens with zero attached hydrogens (tertiary/aromatic N) is 1. The molecule has 2 heterocycles. The number of piperazine rings is 1. The maximum Gasteiger partial charge on any atom is 0.247 e. The van der Waals surface area contributed by atoms with Gasteiger partial charge in [-0.2, -0.15) is 4.31 Å². The van der Waals surface area contributed by atoms with Crippen LogP contribution in [0.4, 0.5) is 0 Å². The number of hydrogen-bond acceptors (Lipinski definition) is 6. The SMILES string of the molecule is COc1ccc(OC)c(S(=O)(=O)N2CC[NH+](C[C@@H](O)C[NH+]3CCOCC3)CC2)c1. The lowest BCUT2D eigenvalue weighted by Gasteiger charge is -2.33. The highest BCUT2D eigenvalue weighted by atomic mass is 32.2. The van der Waals surface area contributed by atoms with Gasteiger partial charge in [0.2, 0.25) is 10.0 Å². The van der Waals surface area contributed by atoms with E-state index >= 15 is 0 Å². The van der Waals surface area contributed by atoms with Crippen molar-refractivity contribution in [1.29, 1.82) is 0 Å². The Hall–Kier alpha value is -1.43. The van der Waals surface area contributed by atoms with Crippen molar-refractivity contribution in [2.45, 2.75) is 11.0 Å². The molecule has 0 unspecified atom stereocenters. The number of sulfonamides is 1. The van der Waals surface area contributed by atoms with Gasteiger partial charge in [0.05, 0.1) is 53.6 Å². The van der Waals surface area contributed by atoms with Gasteiger partial charge in [0.25, 0.3) is 0 Å². The van der Waals surface area contributed by atoms with Crippen LogP contribution in [0, 0.1) is 0 Å². The number of rotatable bonds is 8. The number of aliphatic hydroxyl groups excluding tert-OH is 1. The number of benzene rings is 1. The van der Waals surface area contributed by atoms with Gasteiger partial charge in [-0.25, -0.2) is 8.42 Å². The number of ether oxygens (including phenoxy) is 3. The van der Waals surface area contributed by atoms with Crippen LogP contribution < -0.4 is 19.3 Å². The molecular formula is C19H33N3O6S+2. The minimum Gasteiger partial charge on any atom is -0.497 e. The molecule has 3 N–H and O–H groups in total. The molecule has 1 aromatic rings. The Labute approximate surface area is 172 Å². The van der Waals surface area contributed by atoms with E-state index in [2.05, 4.69) is 0 Å². The van der Waals surface area contributed by atoms with Crippen molar-refractivity contribution in [1.82, 2.24) is 4.31 Å². The van der Waals surface area contributed by atoms with E-state index in [1.807, 2.05) is 0 Å². The van der Waals surface area contributed by atoms with E-state index < -0.39 is 10.0 Å². The zero-order valence-electron chi connectivity index (χ0n) is 17.2. The second kappa shape index (κ2) is 10.1. The van der Waals surface area contributed by atoms with E-state index in [1.54, 1.807) is 12.1 Å². The van der Waals surface area contributed by atoms with Gasteiger partial charge in [0.1, 0.15) is 42.6 Å². The first-order valence-electron chi connectivity index (χ1n) is 10.1. The molecule has 0 saturated carbocycles. The van der Waals surface area contributed by atoms with Crippen LogP contribution in [0.3, 0.4) is 0 Å². The van der Waals surface area contributed by atoms with Gasteiger partial charge in [-0.05, 0) is 12.1 Å². The molecule has 0 spiro atoms. The van der Waals surface area contributed by atoms with Crippen LogP contribution in [-0.4, -0.2) is 104 Å². The smallest absolute Gasteiger partial charge is 0.247 e. The fraction of sp³-hybridized carbons (Fsp3) is 0.684. The summed E-state index contributed by atoms with van der Waals surface area (Å²) in [6.07, 6.45) is -0.389. The normalized spacial score (nSPS) is 21.1. The minimum atomic E-state index is -3.68. The molecule has 0 radical (unpaired) electrons. The molecule has 0 amide bonds. The average molecular weight is 432 g/mol. The van der Waals surface area contributed by atoms with Crippen molar-refractivity contribution in [3.8, 4) is 11.5 Å². The molecule has 10 heteroatoms. The van der Waals surface area contributed by atoms with Crippen molar-refractivity contribution in [2.24, 2.45) is 0 Å². The van der Waals surface area contributed by atoms with Crippen molar-refractivity contribution in [3.63, 3.8) is 0 Å². The Bertz CT molecular complexity index is 761. The molecular weight excluding hydrogens is 398 g/mol. The first-order valence-corrected chi connectivity index (χ1v) is 11.5.